The normalized spacial score (nSPS) is 16.0. The van der Waals surface area contributed by atoms with Crippen LogP contribution in [0.2, 0.25) is 0 Å². The van der Waals surface area contributed by atoms with E-state index in [2.05, 4.69) is 37.9 Å². The highest BCUT2D eigenvalue weighted by Crippen LogP contribution is 2.34. The van der Waals surface area contributed by atoms with E-state index in [0.29, 0.717) is 116 Å². The quantitative estimate of drug-likeness (QED) is 0.0260. The van der Waals surface area contributed by atoms with Crippen LogP contribution < -0.4 is 27.6 Å². The van der Waals surface area contributed by atoms with E-state index in [9.17, 15) is 43.2 Å². The minimum Gasteiger partial charge on any atom is -0.445 e. The van der Waals surface area contributed by atoms with E-state index in [-0.39, 0.29) is 123 Å². The summed E-state index contributed by atoms with van der Waals surface area (Å²) < 4.78 is 39.9. The maximum atomic E-state index is 15.0. The number of unbranched alkanes of at least 4 members (excludes halogenated alkanes) is 2. The third-order valence-electron chi connectivity index (χ3n) is 19.3. The fourth-order valence-corrected chi connectivity index (χ4v) is 14.1. The number of Topliss-reactive ketones (excluding diaryl/α,β-unsaturated/α-hetero) is 3. The van der Waals surface area contributed by atoms with Gasteiger partial charge >= 0.3 is 12.1 Å². The van der Waals surface area contributed by atoms with Gasteiger partial charge in [-0.05, 0) is 79.0 Å². The number of nitrogens with zero attached hydrogens (tertiary/aromatic N) is 4. The van der Waals surface area contributed by atoms with Gasteiger partial charge in [0, 0.05) is 108 Å². The zero-order valence-corrected chi connectivity index (χ0v) is 64.2. The van der Waals surface area contributed by atoms with Crippen molar-refractivity contribution in [2.75, 3.05) is 106 Å². The number of hydrogen-bond donors (Lipinski definition) is 5. The van der Waals surface area contributed by atoms with Crippen molar-refractivity contribution in [1.82, 2.24) is 30.3 Å². The molecule has 0 spiro atoms. The Hall–Kier alpha value is -6.82. The van der Waals surface area contributed by atoms with Crippen LogP contribution in [0.15, 0.2) is 66.2 Å². The molecule has 1 aliphatic rings. The monoisotopic (exact) mass is 1460 g/mol. The molecule has 27 heteroatoms. The van der Waals surface area contributed by atoms with Crippen LogP contribution in [0.3, 0.4) is 0 Å². The fraction of sp³-hybridized carbons (Fsp3) is 0.684. The molecule has 1 aliphatic heterocycles. The predicted octanol–water partition coefficient (Wildman–Crippen LogP) is 9.10. The largest absolute Gasteiger partial charge is 0.445 e. The average Bonchev–Trinajstić information content (AvgIpc) is 1.79. The number of ether oxygens (including phenoxy) is 7. The van der Waals surface area contributed by atoms with Crippen molar-refractivity contribution in [3.05, 3.63) is 82.3 Å². The number of likely N-dealkylation sites (tertiary alicyclic amines) is 1. The molecule has 7 amide bonds. The maximum Gasteiger partial charge on any atom is 0.410 e. The molecule has 2 heterocycles. The first kappa shape index (κ1) is 88.6. The molecule has 1 fully saturated rings. The molecule has 0 unspecified atom stereocenters. The van der Waals surface area contributed by atoms with Gasteiger partial charge in [0.2, 0.25) is 23.6 Å². The molecule has 26 nitrogen and oxygen atoms in total. The molecule has 2 aromatic carbocycles. The summed E-state index contributed by atoms with van der Waals surface area (Å²) in [7, 11) is 6.35. The van der Waals surface area contributed by atoms with E-state index in [1.165, 1.54) is 23.3 Å². The number of primary amides is 1. The second-order valence-electron chi connectivity index (χ2n) is 27.9. The highest BCUT2D eigenvalue weighted by Gasteiger charge is 2.44. The lowest BCUT2D eigenvalue weighted by molar-refractivity contribution is -0.149. The van der Waals surface area contributed by atoms with Gasteiger partial charge in [0.25, 0.3) is 0 Å². The highest BCUT2D eigenvalue weighted by molar-refractivity contribution is 7.09. The summed E-state index contributed by atoms with van der Waals surface area (Å²) in [6.07, 6.45) is 4.52. The van der Waals surface area contributed by atoms with Gasteiger partial charge in [-0.1, -0.05) is 124 Å². The van der Waals surface area contributed by atoms with Gasteiger partial charge in [0.1, 0.15) is 12.4 Å². The van der Waals surface area contributed by atoms with Gasteiger partial charge in [0.15, 0.2) is 11.6 Å². The molecule has 11 atom stereocenters. The number of rotatable bonds is 53. The summed E-state index contributed by atoms with van der Waals surface area (Å²) in [5, 5.41) is 11.2. The molecule has 103 heavy (non-hydrogen) atoms. The van der Waals surface area contributed by atoms with Gasteiger partial charge < -0.3 is 74.4 Å². The van der Waals surface area contributed by atoms with Crippen LogP contribution in [-0.4, -0.2) is 210 Å². The number of aromatic nitrogens is 1. The molecule has 0 radical (unpaired) electrons. The first-order valence-electron chi connectivity index (χ1n) is 36.7. The number of hydrogen-bond acceptors (Lipinski definition) is 20. The topological polar surface area (TPSA) is 338 Å². The lowest BCUT2D eigenvalue weighted by Crippen LogP contribution is -2.54. The Labute approximate surface area is 615 Å². The number of likely N-dealkylation sites (N-methyl/N-ethyl adjacent to an activating group) is 2. The molecule has 0 bridgehead atoms. The van der Waals surface area contributed by atoms with Crippen molar-refractivity contribution >= 4 is 70.1 Å². The molecule has 3 aromatic rings. The van der Waals surface area contributed by atoms with Gasteiger partial charge in [-0.15, -0.1) is 11.3 Å². The minimum atomic E-state index is -0.955. The second-order valence-corrected chi connectivity index (χ2v) is 28.9. The van der Waals surface area contributed by atoms with Crippen molar-refractivity contribution in [3.63, 3.8) is 0 Å². The van der Waals surface area contributed by atoms with Crippen LogP contribution in [0, 0.1) is 41.4 Å². The summed E-state index contributed by atoms with van der Waals surface area (Å²) in [5.41, 5.74) is 7.36. The number of amides is 7. The minimum absolute atomic E-state index is 0.00616. The van der Waals surface area contributed by atoms with E-state index in [4.69, 9.17) is 44.8 Å². The molecule has 0 saturated carbocycles. The lowest BCUT2D eigenvalue weighted by Gasteiger charge is -2.41. The fourth-order valence-electron chi connectivity index (χ4n) is 13.4. The zero-order valence-electron chi connectivity index (χ0n) is 63.4. The number of ketones is 3. The van der Waals surface area contributed by atoms with E-state index in [0.717, 1.165) is 17.0 Å². The van der Waals surface area contributed by atoms with Crippen LogP contribution in [-0.2, 0) is 84.6 Å². The van der Waals surface area contributed by atoms with Crippen molar-refractivity contribution in [2.24, 2.45) is 53.1 Å². The Bertz CT molecular complexity index is 3000. The predicted molar refractivity (Wildman–Crippen MR) is 394 cm³/mol. The number of carbonyl (C=O) groups excluding carboxylic acids is 9. The van der Waals surface area contributed by atoms with Crippen LogP contribution in [0.5, 0.6) is 0 Å². The number of benzene rings is 2. The van der Waals surface area contributed by atoms with E-state index < -0.39 is 66.1 Å². The Morgan fingerprint density at radius 1 is 0.699 bits per heavy atom. The van der Waals surface area contributed by atoms with Gasteiger partial charge in [-0.25, -0.2) is 20.5 Å². The van der Waals surface area contributed by atoms with Crippen molar-refractivity contribution in [1.29, 1.82) is 0 Å². The number of anilines is 1. The number of methoxy groups -OCH3 is 2. The summed E-state index contributed by atoms with van der Waals surface area (Å²) in [6.45, 7) is 20.5. The highest BCUT2D eigenvalue weighted by atomic mass is 32.1. The number of carbonyl (C=O) groups is 9. The smallest absolute Gasteiger partial charge is 0.410 e. The summed E-state index contributed by atoms with van der Waals surface area (Å²) in [4.78, 5) is 139. The summed E-state index contributed by atoms with van der Waals surface area (Å²) in [6, 6.07) is 13.4. The number of nitrogens with one attached hydrogen (secondary N) is 3. The van der Waals surface area contributed by atoms with Crippen LogP contribution in [0.1, 0.15) is 161 Å². The van der Waals surface area contributed by atoms with Crippen molar-refractivity contribution in [3.8, 4) is 0 Å². The third kappa shape index (κ3) is 30.7. The SMILES string of the molecule is CC[C@H](C)[C@@H]([C@@H](CC(=O)N1CCC[C@H]1[C@H](OC)[C@@H](C)C(=O)C[C@@H](Cc1ccccc1)c1nccs1)OC)N(C)C(=O)[C@@H](CC(=O)[C@H](C(C)C)N(C)C(=O)OCc1ccc(NC(=O)[C@H](CCCCCNC(N)=O)CC(=O)[C@@H](NC(=O)CCOCCOCCOCCOCCON)C(C)C)cc1)C(C)C. The van der Waals surface area contributed by atoms with Crippen LogP contribution in [0.25, 0.3) is 0 Å². The average molecular weight is 1460 g/mol. The Morgan fingerprint density at radius 3 is 1.90 bits per heavy atom. The van der Waals surface area contributed by atoms with Crippen molar-refractivity contribution < 1.29 is 81.1 Å². The first-order valence-corrected chi connectivity index (χ1v) is 37.5. The molecule has 0 aliphatic carbocycles. The molecular weight excluding hydrogens is 1340 g/mol. The molecule has 1 saturated heterocycles. The van der Waals surface area contributed by atoms with Gasteiger partial charge in [0.05, 0.1) is 107 Å². The summed E-state index contributed by atoms with van der Waals surface area (Å²) >= 11 is 1.54. The van der Waals surface area contributed by atoms with E-state index in [1.807, 2.05) is 90.8 Å². The molecule has 7 N–H and O–H groups in total. The molecular formula is C76H121N9O17S. The standard InChI is InChI=1S/C76H121N9O17S/c1-14-53(8)70(65(95-12)48-67(90)85-33-21-25-61(85)71(96-13)54(9)62(86)46-58(73-79-32-43-103-73)44-55-22-17-15-18-23-55)83(10)74(92)60(50(2)3)47-64(88)69(52(6)7)84(11)76(94)101-49-56-26-28-59(29-27-56)81-72(91)57(24-19-16-20-31-80-75(77)93)45-63(87)68(51(4)5)82-66(89)30-34-97-35-36-98-37-38-99-39-40-100-41-42-102-78/h15,17-18,22-23,26-29,32,43,50-54,57-58,60-61,65,68-71H,14,16,19-21,24-25,30-31,33-42,44-49,78H2,1-13H3,(H,81,91)(H,82,89)(H3,77,80,93)/t53-,54-,57+,58+,60-,61-,65+,68-,69-,70-,71+/m0/s1. The van der Waals surface area contributed by atoms with Crippen LogP contribution in [0.4, 0.5) is 15.3 Å². The van der Waals surface area contributed by atoms with Gasteiger partial charge in [-0.3, -0.25) is 33.6 Å². The number of nitrogens with two attached hydrogens (primary N) is 2. The van der Waals surface area contributed by atoms with E-state index in [1.54, 1.807) is 56.6 Å². The molecule has 1 aromatic heterocycles. The van der Waals surface area contributed by atoms with E-state index >= 15 is 0 Å². The Balaban J connectivity index is 1.36. The van der Waals surface area contributed by atoms with Crippen LogP contribution >= 0.6 is 11.3 Å². The first-order chi connectivity index (χ1) is 49.3. The molecule has 578 valence electrons. The maximum absolute atomic E-state index is 15.0. The lowest BCUT2D eigenvalue weighted by atomic mass is 9.83. The molecule has 4 rings (SSSR count). The second kappa shape index (κ2) is 48.3. The van der Waals surface area contributed by atoms with Crippen molar-refractivity contribution in [2.45, 2.75) is 195 Å². The number of thiazole rings is 1. The summed E-state index contributed by atoms with van der Waals surface area (Å²) in [5.74, 6) is -0.123. The Morgan fingerprint density at radius 2 is 1.34 bits per heavy atom. The Kier molecular flexibility index (Phi) is 41.6. The van der Waals surface area contributed by atoms with Gasteiger partial charge in [-0.2, -0.15) is 0 Å². The number of urea groups is 1. The third-order valence-corrected chi connectivity index (χ3v) is 20.3. The zero-order chi connectivity index (χ0) is 76.0.